The van der Waals surface area contributed by atoms with Crippen LogP contribution in [0.2, 0.25) is 0 Å². The van der Waals surface area contributed by atoms with Crippen molar-refractivity contribution in [2.45, 2.75) is 20.3 Å². The van der Waals surface area contributed by atoms with Crippen molar-refractivity contribution in [3.63, 3.8) is 0 Å². The fraction of sp³-hybridized carbons (Fsp3) is 0.222. The predicted octanol–water partition coefficient (Wildman–Crippen LogP) is 4.16. The largest absolute Gasteiger partial charge is 0.376 e. The molecule has 24 heavy (non-hydrogen) atoms. The molecule has 0 aliphatic heterocycles. The first kappa shape index (κ1) is 18.0. The molecule has 0 aliphatic rings. The molecule has 6 heteroatoms. The van der Waals surface area contributed by atoms with E-state index in [-0.39, 0.29) is 18.4 Å². The summed E-state index contributed by atoms with van der Waals surface area (Å²) in [6.45, 7) is 3.85. The van der Waals surface area contributed by atoms with Crippen LogP contribution in [0.5, 0.6) is 0 Å². The minimum Gasteiger partial charge on any atom is -0.376 e. The molecule has 2 aromatic carbocycles. The zero-order valence-corrected chi connectivity index (χ0v) is 15.2. The Hall–Kier alpha value is -2.34. The zero-order chi connectivity index (χ0) is 17.5. The third kappa shape index (κ3) is 5.09. The highest BCUT2D eigenvalue weighted by atomic mass is 79.9. The van der Waals surface area contributed by atoms with Gasteiger partial charge in [-0.2, -0.15) is 0 Å². The van der Waals surface area contributed by atoms with E-state index in [1.165, 1.54) is 0 Å². The minimum atomic E-state index is -0.139. The molecular formula is C18H20BrN3O2. The first-order valence-corrected chi connectivity index (χ1v) is 8.47. The molecule has 0 bridgehead atoms. The van der Waals surface area contributed by atoms with E-state index in [0.717, 1.165) is 27.1 Å². The number of rotatable bonds is 6. The van der Waals surface area contributed by atoms with E-state index in [1.54, 1.807) is 6.92 Å². The van der Waals surface area contributed by atoms with E-state index in [0.29, 0.717) is 6.42 Å². The second-order valence-electron chi connectivity index (χ2n) is 5.29. The minimum absolute atomic E-state index is 0.0387. The molecule has 0 radical (unpaired) electrons. The van der Waals surface area contributed by atoms with Crippen LogP contribution in [0, 0.1) is 6.92 Å². The smallest absolute Gasteiger partial charge is 0.243 e. The second kappa shape index (κ2) is 8.49. The van der Waals surface area contributed by atoms with Crippen molar-refractivity contribution < 1.29 is 9.59 Å². The van der Waals surface area contributed by atoms with Gasteiger partial charge in [0.05, 0.1) is 6.54 Å². The molecule has 0 heterocycles. The van der Waals surface area contributed by atoms with Crippen LogP contribution in [0.3, 0.4) is 0 Å². The number of anilines is 3. The van der Waals surface area contributed by atoms with Crippen molar-refractivity contribution in [2.75, 3.05) is 22.5 Å². The Kier molecular flexibility index (Phi) is 6.37. The number of hydrogen-bond acceptors (Lipinski definition) is 3. The maximum absolute atomic E-state index is 12.0. The molecule has 0 atom stereocenters. The molecule has 0 aliphatic carbocycles. The zero-order valence-electron chi connectivity index (χ0n) is 13.7. The van der Waals surface area contributed by atoms with Gasteiger partial charge in [0.1, 0.15) is 0 Å². The molecule has 0 unspecified atom stereocenters. The molecule has 0 spiro atoms. The quantitative estimate of drug-likeness (QED) is 0.694. The maximum atomic E-state index is 12.0. The van der Waals surface area contributed by atoms with Crippen molar-refractivity contribution >= 4 is 44.8 Å². The highest BCUT2D eigenvalue weighted by Crippen LogP contribution is 2.23. The van der Waals surface area contributed by atoms with Gasteiger partial charge in [-0.3, -0.25) is 9.59 Å². The molecule has 5 nitrogen and oxygen atoms in total. The van der Waals surface area contributed by atoms with Crippen molar-refractivity contribution in [1.29, 1.82) is 0 Å². The highest BCUT2D eigenvalue weighted by molar-refractivity contribution is 9.10. The summed E-state index contributed by atoms with van der Waals surface area (Å²) < 4.78 is 0.959. The van der Waals surface area contributed by atoms with E-state index < -0.39 is 0 Å². The van der Waals surface area contributed by atoms with Crippen LogP contribution < -0.4 is 16.0 Å². The number of carbonyl (C=O) groups is 2. The Labute approximate surface area is 150 Å². The molecule has 0 saturated carbocycles. The van der Waals surface area contributed by atoms with Gasteiger partial charge in [-0.1, -0.05) is 28.9 Å². The predicted molar refractivity (Wildman–Crippen MR) is 101 cm³/mol. The third-order valence-electron chi connectivity index (χ3n) is 3.50. The molecule has 0 fully saturated rings. The van der Waals surface area contributed by atoms with Gasteiger partial charge in [0.25, 0.3) is 0 Å². The van der Waals surface area contributed by atoms with Gasteiger partial charge in [0.15, 0.2) is 0 Å². The Morgan fingerprint density at radius 3 is 2.29 bits per heavy atom. The average Bonchev–Trinajstić information content (AvgIpc) is 2.57. The van der Waals surface area contributed by atoms with Crippen LogP contribution in [0.4, 0.5) is 17.1 Å². The normalized spacial score (nSPS) is 10.1. The Morgan fingerprint density at radius 2 is 1.62 bits per heavy atom. The number of hydrogen-bond donors (Lipinski definition) is 3. The molecule has 126 valence electrons. The Balaban J connectivity index is 1.96. The molecule has 0 aromatic heterocycles. The fourth-order valence-electron chi connectivity index (χ4n) is 2.12. The van der Waals surface area contributed by atoms with Gasteiger partial charge in [0.2, 0.25) is 11.8 Å². The summed E-state index contributed by atoms with van der Waals surface area (Å²) in [6.07, 6.45) is 0.423. The molecule has 2 amide bonds. The molecule has 3 N–H and O–H groups in total. The number of benzene rings is 2. The molecular weight excluding hydrogens is 370 g/mol. The van der Waals surface area contributed by atoms with Crippen molar-refractivity contribution in [3.8, 4) is 0 Å². The third-order valence-corrected chi connectivity index (χ3v) is 4.03. The summed E-state index contributed by atoms with van der Waals surface area (Å²) in [5.41, 5.74) is 3.21. The Morgan fingerprint density at radius 1 is 0.958 bits per heavy atom. The Bertz CT molecular complexity index is 730. The summed E-state index contributed by atoms with van der Waals surface area (Å²) in [5.74, 6) is -0.178. The van der Waals surface area contributed by atoms with E-state index in [1.807, 2.05) is 49.4 Å². The lowest BCUT2D eigenvalue weighted by atomic mass is 10.1. The van der Waals surface area contributed by atoms with Crippen molar-refractivity contribution in [2.24, 2.45) is 0 Å². The van der Waals surface area contributed by atoms with Crippen LogP contribution in [-0.2, 0) is 9.59 Å². The van der Waals surface area contributed by atoms with Gasteiger partial charge in [0, 0.05) is 28.0 Å². The molecule has 2 rings (SSSR count). The summed E-state index contributed by atoms with van der Waals surface area (Å²) in [5, 5.41) is 8.78. The highest BCUT2D eigenvalue weighted by Gasteiger charge is 2.08. The summed E-state index contributed by atoms with van der Waals surface area (Å²) in [6, 6.07) is 13.0. The van der Waals surface area contributed by atoms with Crippen molar-refractivity contribution in [1.82, 2.24) is 0 Å². The van der Waals surface area contributed by atoms with E-state index in [9.17, 15) is 9.59 Å². The lowest BCUT2D eigenvalue weighted by Crippen LogP contribution is -2.22. The monoisotopic (exact) mass is 389 g/mol. The van der Waals surface area contributed by atoms with Gasteiger partial charge >= 0.3 is 0 Å². The standard InChI is InChI=1S/C18H20BrN3O2/c1-3-17(23)22-16-6-4-5-15(12(16)2)20-11-18(24)21-14-9-7-13(19)8-10-14/h4-10,20H,3,11H2,1-2H3,(H,21,24)(H,22,23). The topological polar surface area (TPSA) is 70.2 Å². The second-order valence-corrected chi connectivity index (χ2v) is 6.20. The lowest BCUT2D eigenvalue weighted by Gasteiger charge is -2.14. The number of carbonyl (C=O) groups excluding carboxylic acids is 2. The van der Waals surface area contributed by atoms with E-state index in [4.69, 9.17) is 0 Å². The maximum Gasteiger partial charge on any atom is 0.243 e. The van der Waals surface area contributed by atoms with Crippen LogP contribution >= 0.6 is 15.9 Å². The number of amides is 2. The fourth-order valence-corrected chi connectivity index (χ4v) is 2.38. The molecule has 2 aromatic rings. The van der Waals surface area contributed by atoms with Gasteiger partial charge in [-0.25, -0.2) is 0 Å². The first-order valence-electron chi connectivity index (χ1n) is 7.68. The van der Waals surface area contributed by atoms with E-state index in [2.05, 4.69) is 31.9 Å². The lowest BCUT2D eigenvalue weighted by molar-refractivity contribution is -0.116. The van der Waals surface area contributed by atoms with Crippen LogP contribution in [0.25, 0.3) is 0 Å². The van der Waals surface area contributed by atoms with Gasteiger partial charge in [-0.05, 0) is 48.9 Å². The first-order chi connectivity index (χ1) is 11.5. The van der Waals surface area contributed by atoms with Gasteiger partial charge in [-0.15, -0.1) is 0 Å². The average molecular weight is 390 g/mol. The van der Waals surface area contributed by atoms with E-state index >= 15 is 0 Å². The van der Waals surface area contributed by atoms with Gasteiger partial charge < -0.3 is 16.0 Å². The van der Waals surface area contributed by atoms with Crippen LogP contribution in [0.15, 0.2) is 46.9 Å². The summed E-state index contributed by atoms with van der Waals surface area (Å²) >= 11 is 3.35. The van der Waals surface area contributed by atoms with Crippen LogP contribution in [0.1, 0.15) is 18.9 Å². The van der Waals surface area contributed by atoms with Crippen LogP contribution in [-0.4, -0.2) is 18.4 Å². The van der Waals surface area contributed by atoms with Crippen molar-refractivity contribution in [3.05, 3.63) is 52.5 Å². The SMILES string of the molecule is CCC(=O)Nc1cccc(NCC(=O)Nc2ccc(Br)cc2)c1C. The summed E-state index contributed by atoms with van der Waals surface area (Å²) in [7, 11) is 0. The number of halogens is 1. The summed E-state index contributed by atoms with van der Waals surface area (Å²) in [4.78, 5) is 23.6. The molecule has 0 saturated heterocycles. The number of nitrogens with one attached hydrogen (secondary N) is 3.